The van der Waals surface area contributed by atoms with E-state index in [9.17, 15) is 4.79 Å². The first-order valence-electron chi connectivity index (χ1n) is 10.7. The fraction of sp³-hybridized carbons (Fsp3) is 0.400. The smallest absolute Gasteiger partial charge is 0.303 e. The Hall–Kier alpha value is -1.84. The molecular weight excluding hydrogens is 535 g/mol. The Kier molecular flexibility index (Phi) is 7.72. The first-order valence-corrected chi connectivity index (χ1v) is 14.7. The number of benzene rings is 2. The number of aliphatic carboxylic acids is 1. The molecule has 3 rings (SSSR count). The van der Waals surface area contributed by atoms with Gasteiger partial charge in [0.15, 0.2) is 8.32 Å². The van der Waals surface area contributed by atoms with Gasteiger partial charge in [-0.15, -0.1) is 0 Å². The molecule has 172 valence electrons. The van der Waals surface area contributed by atoms with E-state index in [2.05, 4.69) is 74.7 Å². The number of ether oxygens (including phenoxy) is 1. The van der Waals surface area contributed by atoms with E-state index in [1.807, 2.05) is 24.3 Å². The van der Waals surface area contributed by atoms with Gasteiger partial charge in [0, 0.05) is 11.8 Å². The molecule has 0 saturated heterocycles. The molecule has 5 nitrogen and oxygen atoms in total. The van der Waals surface area contributed by atoms with Crippen molar-refractivity contribution in [3.63, 3.8) is 0 Å². The molecule has 0 atom stereocenters. The molecule has 0 spiro atoms. The summed E-state index contributed by atoms with van der Waals surface area (Å²) in [6.45, 7) is 12.0. The topological polar surface area (TPSA) is 68.9 Å². The number of halogens is 1. The second-order valence-electron chi connectivity index (χ2n) is 9.55. The average molecular weight is 567 g/mol. The molecule has 0 saturated carbocycles. The molecule has 32 heavy (non-hydrogen) atoms. The van der Waals surface area contributed by atoms with Crippen molar-refractivity contribution >= 4 is 47.8 Å². The summed E-state index contributed by atoms with van der Waals surface area (Å²) in [6, 6.07) is 13.8. The molecule has 0 unspecified atom stereocenters. The van der Waals surface area contributed by atoms with Crippen LogP contribution in [0.25, 0.3) is 11.0 Å². The first kappa shape index (κ1) is 24.8. The lowest BCUT2D eigenvalue weighted by atomic mass is 10.1. The standard InChI is InChI=1S/C25H31IO5Si/c1-25(2,3)32(4,5)30-16-20-14-19-12-17(13-21(26)24(19)31-20)15-29-22-9-7-6-8-18(22)10-11-23(27)28/h6-9,12-14H,10-11,15-16H2,1-5H3,(H,27,28). The van der Waals surface area contributed by atoms with Crippen LogP contribution in [-0.2, 0) is 28.9 Å². The van der Waals surface area contributed by atoms with Crippen molar-refractivity contribution in [3.05, 3.63) is 62.9 Å². The fourth-order valence-corrected chi connectivity index (χ4v) is 4.86. The zero-order chi connectivity index (χ0) is 23.5. The minimum Gasteiger partial charge on any atom is -0.489 e. The van der Waals surface area contributed by atoms with Crippen molar-refractivity contribution in [2.75, 3.05) is 0 Å². The molecule has 1 N–H and O–H groups in total. The zero-order valence-corrected chi connectivity index (χ0v) is 22.5. The van der Waals surface area contributed by atoms with Crippen molar-refractivity contribution in [2.45, 2.75) is 65.0 Å². The van der Waals surface area contributed by atoms with Gasteiger partial charge in [-0.2, -0.15) is 0 Å². The van der Waals surface area contributed by atoms with E-state index < -0.39 is 14.3 Å². The molecule has 0 amide bonds. The van der Waals surface area contributed by atoms with Crippen LogP contribution in [0.4, 0.5) is 0 Å². The monoisotopic (exact) mass is 566 g/mol. The number of aryl methyl sites for hydroxylation is 1. The number of para-hydroxylation sites is 1. The summed E-state index contributed by atoms with van der Waals surface area (Å²) >= 11 is 2.29. The normalized spacial score (nSPS) is 12.3. The molecule has 2 aromatic carbocycles. The molecule has 0 aliphatic carbocycles. The lowest BCUT2D eigenvalue weighted by Gasteiger charge is -2.35. The summed E-state index contributed by atoms with van der Waals surface area (Å²) < 4.78 is 19.5. The molecule has 1 heterocycles. The van der Waals surface area contributed by atoms with Crippen LogP contribution in [0.3, 0.4) is 0 Å². The van der Waals surface area contributed by atoms with Crippen LogP contribution in [0.1, 0.15) is 44.1 Å². The Morgan fingerprint density at radius 1 is 1.12 bits per heavy atom. The highest BCUT2D eigenvalue weighted by molar-refractivity contribution is 14.1. The molecule has 7 heteroatoms. The van der Waals surface area contributed by atoms with E-state index in [4.69, 9.17) is 18.7 Å². The van der Waals surface area contributed by atoms with Gasteiger partial charge in [-0.3, -0.25) is 4.79 Å². The van der Waals surface area contributed by atoms with E-state index >= 15 is 0 Å². The van der Waals surface area contributed by atoms with Crippen molar-refractivity contribution < 1.29 is 23.5 Å². The lowest BCUT2D eigenvalue weighted by molar-refractivity contribution is -0.136. The molecule has 1 aromatic heterocycles. The van der Waals surface area contributed by atoms with Gasteiger partial charge in [0.1, 0.15) is 23.7 Å². The van der Waals surface area contributed by atoms with Crippen LogP contribution in [0.2, 0.25) is 18.1 Å². The van der Waals surface area contributed by atoms with E-state index in [1.165, 1.54) is 0 Å². The minimum absolute atomic E-state index is 0.0823. The molecule has 0 radical (unpaired) electrons. The van der Waals surface area contributed by atoms with E-state index in [-0.39, 0.29) is 11.5 Å². The largest absolute Gasteiger partial charge is 0.489 e. The third-order valence-corrected chi connectivity index (χ3v) is 11.3. The van der Waals surface area contributed by atoms with Crippen molar-refractivity contribution in [1.82, 2.24) is 0 Å². The van der Waals surface area contributed by atoms with Crippen LogP contribution < -0.4 is 4.74 Å². The lowest BCUT2D eigenvalue weighted by Crippen LogP contribution is -2.40. The van der Waals surface area contributed by atoms with Gasteiger partial charge < -0.3 is 18.7 Å². The molecule has 0 aliphatic rings. The third-order valence-electron chi connectivity index (χ3n) is 6.04. The summed E-state index contributed by atoms with van der Waals surface area (Å²) in [4.78, 5) is 10.9. The Labute approximate surface area is 204 Å². The molecule has 0 aliphatic heterocycles. The maximum absolute atomic E-state index is 10.9. The summed E-state index contributed by atoms with van der Waals surface area (Å²) in [5.74, 6) is 0.743. The number of fused-ring (bicyclic) bond motifs is 1. The summed E-state index contributed by atoms with van der Waals surface area (Å²) in [7, 11) is -1.85. The van der Waals surface area contributed by atoms with E-state index in [0.717, 1.165) is 37.2 Å². The van der Waals surface area contributed by atoms with Gasteiger partial charge in [0.2, 0.25) is 0 Å². The number of rotatable bonds is 9. The minimum atomic E-state index is -1.85. The highest BCUT2D eigenvalue weighted by Crippen LogP contribution is 2.37. The highest BCUT2D eigenvalue weighted by atomic mass is 127. The number of hydrogen-bond acceptors (Lipinski definition) is 4. The number of carboxylic acid groups (broad SMARTS) is 1. The van der Waals surface area contributed by atoms with Crippen molar-refractivity contribution in [1.29, 1.82) is 0 Å². The maximum atomic E-state index is 10.9. The predicted molar refractivity (Wildman–Crippen MR) is 138 cm³/mol. The Balaban J connectivity index is 1.73. The fourth-order valence-electron chi connectivity index (χ4n) is 3.10. The SMILES string of the molecule is CC(C)(C)[Si](C)(C)OCc1cc2cc(COc3ccccc3CCC(=O)O)cc(I)c2o1. The second kappa shape index (κ2) is 9.97. The second-order valence-corrected chi connectivity index (χ2v) is 15.5. The highest BCUT2D eigenvalue weighted by Gasteiger charge is 2.37. The van der Waals surface area contributed by atoms with Gasteiger partial charge in [0.25, 0.3) is 0 Å². The first-order chi connectivity index (χ1) is 15.0. The number of furan rings is 1. The van der Waals surface area contributed by atoms with E-state index in [0.29, 0.717) is 19.6 Å². The average Bonchev–Trinajstić information content (AvgIpc) is 3.13. The maximum Gasteiger partial charge on any atom is 0.303 e. The molecular formula is C25H31IO5Si. The number of carboxylic acids is 1. The van der Waals surface area contributed by atoms with Gasteiger partial charge in [-0.1, -0.05) is 39.0 Å². The van der Waals surface area contributed by atoms with Gasteiger partial charge in [0.05, 0.1) is 10.2 Å². The third kappa shape index (κ3) is 6.14. The predicted octanol–water partition coefficient (Wildman–Crippen LogP) is 7.16. The summed E-state index contributed by atoms with van der Waals surface area (Å²) in [5.41, 5.74) is 2.80. The van der Waals surface area contributed by atoms with Crippen LogP contribution in [0.5, 0.6) is 5.75 Å². The Morgan fingerprint density at radius 3 is 2.53 bits per heavy atom. The van der Waals surface area contributed by atoms with Gasteiger partial charge in [-0.05, 0) is 82.5 Å². The molecule has 0 bridgehead atoms. The van der Waals surface area contributed by atoms with Crippen molar-refractivity contribution in [3.8, 4) is 5.75 Å². The number of carbonyl (C=O) groups is 1. The Bertz CT molecular complexity index is 1100. The van der Waals surface area contributed by atoms with Gasteiger partial charge >= 0.3 is 5.97 Å². The van der Waals surface area contributed by atoms with E-state index in [1.54, 1.807) is 0 Å². The quantitative estimate of drug-likeness (QED) is 0.220. The van der Waals surface area contributed by atoms with Crippen LogP contribution in [-0.4, -0.2) is 19.4 Å². The molecule has 3 aromatic rings. The number of hydrogen-bond donors (Lipinski definition) is 1. The van der Waals surface area contributed by atoms with Gasteiger partial charge in [-0.25, -0.2) is 0 Å². The summed E-state index contributed by atoms with van der Waals surface area (Å²) in [5, 5.41) is 10.2. The summed E-state index contributed by atoms with van der Waals surface area (Å²) in [6.07, 6.45) is 0.528. The molecule has 0 fully saturated rings. The van der Waals surface area contributed by atoms with Crippen LogP contribution in [0, 0.1) is 3.57 Å². The van der Waals surface area contributed by atoms with Crippen LogP contribution in [0.15, 0.2) is 46.9 Å². The van der Waals surface area contributed by atoms with Crippen LogP contribution >= 0.6 is 22.6 Å². The zero-order valence-electron chi connectivity index (χ0n) is 19.3. The van der Waals surface area contributed by atoms with Crippen molar-refractivity contribution in [2.24, 2.45) is 0 Å². The Morgan fingerprint density at radius 2 is 1.84 bits per heavy atom.